The third-order valence-corrected chi connectivity index (χ3v) is 4.24. The van der Waals surface area contributed by atoms with E-state index < -0.39 is 15.8 Å². The Hall–Kier alpha value is -1.93. The first kappa shape index (κ1) is 15.5. The molecule has 6 nitrogen and oxygen atoms in total. The van der Waals surface area contributed by atoms with Gasteiger partial charge in [0.15, 0.2) is 0 Å². The van der Waals surface area contributed by atoms with Crippen molar-refractivity contribution in [3.05, 3.63) is 41.5 Å². The maximum Gasteiger partial charge on any atom is 0.244 e. The van der Waals surface area contributed by atoms with Gasteiger partial charge in [0, 0.05) is 19.0 Å². The average molecular weight is 314 g/mol. The molecule has 114 valence electrons. The minimum Gasteiger partial charge on any atom is -0.495 e. The van der Waals surface area contributed by atoms with Crippen LogP contribution in [0.2, 0.25) is 0 Å². The van der Waals surface area contributed by atoms with Gasteiger partial charge in [0.1, 0.15) is 22.2 Å². The van der Waals surface area contributed by atoms with Crippen molar-refractivity contribution in [2.24, 2.45) is 0 Å². The summed E-state index contributed by atoms with van der Waals surface area (Å²) in [6, 6.07) is 5.04. The van der Waals surface area contributed by atoms with E-state index in [1.54, 1.807) is 13.0 Å². The summed E-state index contributed by atoms with van der Waals surface area (Å²) in [7, 11) is -2.54. The summed E-state index contributed by atoms with van der Waals surface area (Å²) in [6.07, 6.45) is 0.345. The molecule has 0 fully saturated rings. The van der Waals surface area contributed by atoms with E-state index in [2.05, 4.69) is 9.88 Å². The first-order chi connectivity index (χ1) is 9.92. The van der Waals surface area contributed by atoms with Crippen molar-refractivity contribution in [2.75, 3.05) is 13.7 Å². The molecule has 0 aliphatic heterocycles. The molecule has 0 atom stereocenters. The smallest absolute Gasteiger partial charge is 0.244 e. The molecule has 0 saturated carbocycles. The van der Waals surface area contributed by atoms with Gasteiger partial charge >= 0.3 is 0 Å². The molecular formula is C13H15FN2O4S. The number of aryl methyl sites for hydroxylation is 1. The Morgan fingerprint density at radius 2 is 2.14 bits per heavy atom. The first-order valence-corrected chi connectivity index (χ1v) is 7.66. The van der Waals surface area contributed by atoms with Crippen LogP contribution < -0.4 is 9.46 Å². The Kier molecular flexibility index (Phi) is 4.59. The van der Waals surface area contributed by atoms with E-state index in [1.165, 1.54) is 13.2 Å². The van der Waals surface area contributed by atoms with Crippen LogP contribution in [0.4, 0.5) is 4.39 Å². The Morgan fingerprint density at radius 1 is 1.38 bits per heavy atom. The molecule has 2 rings (SSSR count). The van der Waals surface area contributed by atoms with Gasteiger partial charge in [-0.05, 0) is 25.1 Å². The topological polar surface area (TPSA) is 81.4 Å². The maximum atomic E-state index is 13.2. The predicted octanol–water partition coefficient (Wildman–Crippen LogP) is 1.65. The van der Waals surface area contributed by atoms with Crippen LogP contribution in [0.25, 0.3) is 0 Å². The molecule has 1 N–H and O–H groups in total. The van der Waals surface area contributed by atoms with Crippen LogP contribution in [-0.4, -0.2) is 27.2 Å². The molecule has 0 spiro atoms. The summed E-state index contributed by atoms with van der Waals surface area (Å²) in [5.74, 6) is 0.00264. The minimum atomic E-state index is -3.87. The number of benzene rings is 1. The molecule has 1 heterocycles. The van der Waals surface area contributed by atoms with Crippen molar-refractivity contribution < 1.29 is 22.1 Å². The third kappa shape index (κ3) is 3.79. The molecule has 0 bridgehead atoms. The van der Waals surface area contributed by atoms with Gasteiger partial charge in [-0.15, -0.1) is 0 Å². The molecule has 8 heteroatoms. The molecule has 0 aliphatic carbocycles. The molecule has 21 heavy (non-hydrogen) atoms. The summed E-state index contributed by atoms with van der Waals surface area (Å²) in [5, 5.41) is 3.71. The van der Waals surface area contributed by atoms with Crippen LogP contribution in [-0.2, 0) is 16.4 Å². The fourth-order valence-electron chi connectivity index (χ4n) is 1.78. The van der Waals surface area contributed by atoms with E-state index in [0.29, 0.717) is 12.2 Å². The molecule has 1 aromatic heterocycles. The van der Waals surface area contributed by atoms with E-state index in [4.69, 9.17) is 9.26 Å². The van der Waals surface area contributed by atoms with E-state index in [9.17, 15) is 12.8 Å². The highest BCUT2D eigenvalue weighted by Crippen LogP contribution is 2.24. The van der Waals surface area contributed by atoms with Crippen molar-refractivity contribution in [2.45, 2.75) is 18.2 Å². The number of nitrogens with one attached hydrogen (secondary N) is 1. The largest absolute Gasteiger partial charge is 0.495 e. The van der Waals surface area contributed by atoms with Gasteiger partial charge in [0.25, 0.3) is 0 Å². The lowest BCUT2D eigenvalue weighted by molar-refractivity contribution is 0.379. The highest BCUT2D eigenvalue weighted by atomic mass is 32.2. The second-order valence-electron chi connectivity index (χ2n) is 4.38. The van der Waals surface area contributed by atoms with E-state index in [-0.39, 0.29) is 17.2 Å². The zero-order valence-corrected chi connectivity index (χ0v) is 12.4. The lowest BCUT2D eigenvalue weighted by Crippen LogP contribution is -2.26. The predicted molar refractivity (Wildman–Crippen MR) is 73.1 cm³/mol. The van der Waals surface area contributed by atoms with Crippen molar-refractivity contribution in [3.8, 4) is 5.75 Å². The average Bonchev–Trinajstić information content (AvgIpc) is 2.84. The van der Waals surface area contributed by atoms with Gasteiger partial charge in [0.2, 0.25) is 10.0 Å². The molecule has 1 aromatic carbocycles. The summed E-state index contributed by atoms with van der Waals surface area (Å²) in [5.41, 5.74) is 0.722. The van der Waals surface area contributed by atoms with Crippen LogP contribution in [0.3, 0.4) is 0 Å². The first-order valence-electron chi connectivity index (χ1n) is 6.18. The number of aromatic nitrogens is 1. The third-order valence-electron chi connectivity index (χ3n) is 2.76. The summed E-state index contributed by atoms with van der Waals surface area (Å²) in [6.45, 7) is 1.88. The molecule has 0 aliphatic rings. The maximum absolute atomic E-state index is 13.2. The number of ether oxygens (including phenoxy) is 1. The summed E-state index contributed by atoms with van der Waals surface area (Å²) < 4.78 is 49.8. The number of methoxy groups -OCH3 is 1. The zero-order chi connectivity index (χ0) is 15.5. The van der Waals surface area contributed by atoms with Crippen molar-refractivity contribution in [3.63, 3.8) is 0 Å². The van der Waals surface area contributed by atoms with Crippen molar-refractivity contribution in [1.82, 2.24) is 9.88 Å². The van der Waals surface area contributed by atoms with Gasteiger partial charge in [0.05, 0.1) is 12.8 Å². The van der Waals surface area contributed by atoms with E-state index >= 15 is 0 Å². The van der Waals surface area contributed by atoms with Gasteiger partial charge in [-0.3, -0.25) is 0 Å². The lowest BCUT2D eigenvalue weighted by atomic mass is 10.3. The second-order valence-corrected chi connectivity index (χ2v) is 6.11. The van der Waals surface area contributed by atoms with Gasteiger partial charge in [-0.2, -0.15) is 0 Å². The number of nitrogens with zero attached hydrogens (tertiary/aromatic N) is 1. The lowest BCUT2D eigenvalue weighted by Gasteiger charge is -2.10. The van der Waals surface area contributed by atoms with Crippen LogP contribution in [0, 0.1) is 12.7 Å². The Labute approximate surface area is 122 Å². The molecule has 0 unspecified atom stereocenters. The minimum absolute atomic E-state index is 0.0828. The number of hydrogen-bond donors (Lipinski definition) is 1. The fourth-order valence-corrected chi connectivity index (χ4v) is 2.99. The van der Waals surface area contributed by atoms with Crippen molar-refractivity contribution in [1.29, 1.82) is 0 Å². The normalized spacial score (nSPS) is 11.6. The van der Waals surface area contributed by atoms with Crippen LogP contribution in [0.1, 0.15) is 11.5 Å². The zero-order valence-electron chi connectivity index (χ0n) is 11.6. The summed E-state index contributed by atoms with van der Waals surface area (Å²) in [4.78, 5) is -0.237. The molecule has 0 amide bonds. The SMILES string of the molecule is COc1ccc(F)cc1S(=O)(=O)NCCc1cc(C)no1. The van der Waals surface area contributed by atoms with Crippen LogP contribution in [0.5, 0.6) is 5.75 Å². The van der Waals surface area contributed by atoms with Gasteiger partial charge < -0.3 is 9.26 Å². The highest BCUT2D eigenvalue weighted by molar-refractivity contribution is 7.89. The van der Waals surface area contributed by atoms with E-state index in [1.807, 2.05) is 0 Å². The number of halogens is 1. The second kappa shape index (κ2) is 6.23. The molecule has 0 radical (unpaired) electrons. The quantitative estimate of drug-likeness (QED) is 0.877. The van der Waals surface area contributed by atoms with Gasteiger partial charge in [-0.1, -0.05) is 5.16 Å². The Morgan fingerprint density at radius 3 is 2.76 bits per heavy atom. The van der Waals surface area contributed by atoms with Crippen molar-refractivity contribution >= 4 is 10.0 Å². The molecule has 0 saturated heterocycles. The molecular weight excluding hydrogens is 299 g/mol. The fraction of sp³-hybridized carbons (Fsp3) is 0.308. The Bertz CT molecular complexity index is 728. The Balaban J connectivity index is 2.09. The van der Waals surface area contributed by atoms with Gasteiger partial charge in [-0.25, -0.2) is 17.5 Å². The number of rotatable bonds is 6. The van der Waals surface area contributed by atoms with E-state index in [0.717, 1.165) is 17.8 Å². The highest BCUT2D eigenvalue weighted by Gasteiger charge is 2.20. The summed E-state index contributed by atoms with van der Waals surface area (Å²) >= 11 is 0. The standard InChI is InChI=1S/C13H15FN2O4S/c1-9-7-11(20-16-9)5-6-15-21(17,18)13-8-10(14)3-4-12(13)19-2/h3-4,7-8,15H,5-6H2,1-2H3. The van der Waals surface area contributed by atoms with Crippen LogP contribution >= 0.6 is 0 Å². The van der Waals surface area contributed by atoms with Crippen LogP contribution in [0.15, 0.2) is 33.7 Å². The molecule has 2 aromatic rings. The monoisotopic (exact) mass is 314 g/mol. The number of sulfonamides is 1. The number of hydrogen-bond acceptors (Lipinski definition) is 5.